The number of ether oxygens (including phenoxy) is 2. The summed E-state index contributed by atoms with van der Waals surface area (Å²) in [6, 6.07) is 15.3. The molecule has 0 aliphatic rings. The summed E-state index contributed by atoms with van der Waals surface area (Å²) < 4.78 is 98.8. The molecule has 0 fully saturated rings. The third-order valence-electron chi connectivity index (χ3n) is 6.83. The Morgan fingerprint density at radius 3 is 1.18 bits per heavy atom. The molecule has 236 valence electrons. The van der Waals surface area contributed by atoms with E-state index in [1.54, 1.807) is 0 Å². The van der Waals surface area contributed by atoms with Crippen LogP contribution in [0, 0.1) is 0 Å². The summed E-state index contributed by atoms with van der Waals surface area (Å²) in [6.07, 6.45) is -11.7. The molecule has 0 heterocycles. The molecule has 0 unspecified atom stereocenters. The Morgan fingerprint density at radius 1 is 0.578 bits per heavy atom. The quantitative estimate of drug-likeness (QED) is 0.176. The summed E-state index contributed by atoms with van der Waals surface area (Å²) in [5, 5.41) is 4.91. The highest BCUT2D eigenvalue weighted by atomic mass is 79.9. The second-order valence-corrected chi connectivity index (χ2v) is 11.2. The van der Waals surface area contributed by atoms with E-state index in [-0.39, 0.29) is 22.5 Å². The van der Waals surface area contributed by atoms with Gasteiger partial charge in [-0.3, -0.25) is 9.59 Å². The van der Waals surface area contributed by atoms with Gasteiger partial charge in [-0.2, -0.15) is 26.3 Å². The molecule has 0 atom stereocenters. The van der Waals surface area contributed by atoms with E-state index in [9.17, 15) is 35.9 Å². The molecule has 0 aliphatic carbocycles. The van der Waals surface area contributed by atoms with Gasteiger partial charge in [0, 0.05) is 22.5 Å². The van der Waals surface area contributed by atoms with Gasteiger partial charge in [0.05, 0.1) is 23.2 Å². The second kappa shape index (κ2) is 13.1. The Bertz CT molecular complexity index is 1580. The predicted octanol–water partition coefficient (Wildman–Crippen LogP) is 9.14. The molecule has 2 N–H and O–H groups in total. The largest absolute Gasteiger partial charge is 0.496 e. The fourth-order valence-electron chi connectivity index (χ4n) is 4.61. The lowest BCUT2D eigenvalue weighted by atomic mass is 9.73. The average molecular weight is 760 g/mol. The van der Waals surface area contributed by atoms with Crippen molar-refractivity contribution in [1.82, 2.24) is 0 Å². The Balaban J connectivity index is 1.64. The Labute approximate surface area is 270 Å². The van der Waals surface area contributed by atoms with E-state index in [2.05, 4.69) is 42.5 Å². The van der Waals surface area contributed by atoms with Crippen LogP contribution in [-0.4, -0.2) is 38.4 Å². The zero-order valence-electron chi connectivity index (χ0n) is 23.2. The Kier molecular flexibility index (Phi) is 9.88. The smallest absolute Gasteiger partial charge is 0.411 e. The number of methoxy groups -OCH3 is 2. The summed E-state index contributed by atoms with van der Waals surface area (Å²) in [5.41, 5.74) is -6.39. The highest BCUT2D eigenvalue weighted by Crippen LogP contribution is 2.56. The van der Waals surface area contributed by atoms with E-state index >= 15 is 0 Å². The molecule has 0 saturated heterocycles. The highest BCUT2D eigenvalue weighted by molar-refractivity contribution is 9.10. The van der Waals surface area contributed by atoms with Crippen molar-refractivity contribution in [3.8, 4) is 11.5 Å². The summed E-state index contributed by atoms with van der Waals surface area (Å²) in [6.45, 7) is 0. The maximum atomic E-state index is 14.6. The first-order valence-corrected chi connectivity index (χ1v) is 14.3. The van der Waals surface area contributed by atoms with E-state index in [1.807, 2.05) is 0 Å². The van der Waals surface area contributed by atoms with Crippen molar-refractivity contribution in [1.29, 1.82) is 0 Å². The summed E-state index contributed by atoms with van der Waals surface area (Å²) >= 11 is 6.48. The molecule has 0 bridgehead atoms. The van der Waals surface area contributed by atoms with Gasteiger partial charge in [0.2, 0.25) is 5.41 Å². The van der Waals surface area contributed by atoms with Gasteiger partial charge in [0.15, 0.2) is 0 Å². The SMILES string of the molecule is COc1ccc(C(=O)Nc2ccc(C(c3ccc(NC(=O)c4ccc(OC)c(Br)c4)cc3)(C(F)(F)F)C(F)(F)F)cc2)cc1Br. The number of carbonyl (C=O) groups excluding carboxylic acids is 2. The number of amides is 2. The topological polar surface area (TPSA) is 76.7 Å². The molecular formula is C31H22Br2F6N2O4. The molecule has 0 radical (unpaired) electrons. The van der Waals surface area contributed by atoms with Crippen molar-refractivity contribution in [2.75, 3.05) is 24.9 Å². The maximum Gasteiger partial charge on any atom is 0.411 e. The number of alkyl halides is 6. The number of benzene rings is 4. The number of halogens is 8. The van der Waals surface area contributed by atoms with Crippen molar-refractivity contribution in [2.45, 2.75) is 17.8 Å². The lowest BCUT2D eigenvalue weighted by Crippen LogP contribution is -2.54. The van der Waals surface area contributed by atoms with Crippen LogP contribution in [0.4, 0.5) is 37.7 Å². The van der Waals surface area contributed by atoms with Crippen LogP contribution in [0.2, 0.25) is 0 Å². The van der Waals surface area contributed by atoms with Crippen LogP contribution in [0.1, 0.15) is 31.8 Å². The molecular weight excluding hydrogens is 738 g/mol. The highest BCUT2D eigenvalue weighted by Gasteiger charge is 2.72. The molecule has 0 saturated carbocycles. The number of nitrogens with one attached hydrogen (secondary N) is 2. The minimum atomic E-state index is -5.83. The van der Waals surface area contributed by atoms with Crippen molar-refractivity contribution < 1.29 is 45.4 Å². The van der Waals surface area contributed by atoms with Gasteiger partial charge in [0.1, 0.15) is 11.5 Å². The molecule has 4 rings (SSSR count). The first-order chi connectivity index (χ1) is 21.1. The molecule has 0 spiro atoms. The van der Waals surface area contributed by atoms with Crippen LogP contribution in [0.25, 0.3) is 0 Å². The predicted molar refractivity (Wildman–Crippen MR) is 163 cm³/mol. The van der Waals surface area contributed by atoms with Crippen molar-refractivity contribution in [3.63, 3.8) is 0 Å². The first-order valence-electron chi connectivity index (χ1n) is 12.8. The number of hydrogen-bond donors (Lipinski definition) is 2. The molecule has 14 heteroatoms. The van der Waals surface area contributed by atoms with Crippen LogP contribution in [0.15, 0.2) is 93.9 Å². The van der Waals surface area contributed by atoms with Crippen molar-refractivity contribution in [2.24, 2.45) is 0 Å². The third kappa shape index (κ3) is 6.81. The minimum Gasteiger partial charge on any atom is -0.496 e. The summed E-state index contributed by atoms with van der Waals surface area (Å²) in [7, 11) is 2.86. The van der Waals surface area contributed by atoms with E-state index in [4.69, 9.17) is 9.47 Å². The fraction of sp³-hybridized carbons (Fsp3) is 0.161. The monoisotopic (exact) mass is 758 g/mol. The van der Waals surface area contributed by atoms with Gasteiger partial charge < -0.3 is 20.1 Å². The molecule has 0 aromatic heterocycles. The standard InChI is InChI=1S/C31H22Br2F6N2O4/c1-44-25-13-3-17(15-23(25)32)27(42)40-21-9-5-19(6-10-21)29(30(34,35)36,31(37,38)39)20-7-11-22(12-8-20)41-28(43)18-4-14-26(45-2)24(33)16-18/h3-16H,1-2H3,(H,40,42)(H,41,43). The second-order valence-electron chi connectivity index (χ2n) is 9.51. The van der Waals surface area contributed by atoms with Crippen molar-refractivity contribution in [3.05, 3.63) is 116 Å². The molecule has 4 aromatic carbocycles. The van der Waals surface area contributed by atoms with E-state index in [0.29, 0.717) is 44.7 Å². The molecule has 2 amide bonds. The third-order valence-corrected chi connectivity index (χ3v) is 8.07. The van der Waals surface area contributed by atoms with Gasteiger partial charge in [-0.05, 0) is 104 Å². The van der Waals surface area contributed by atoms with Crippen molar-refractivity contribution >= 4 is 55.0 Å². The van der Waals surface area contributed by atoms with Crippen LogP contribution >= 0.6 is 31.9 Å². The van der Waals surface area contributed by atoms with Gasteiger partial charge in [-0.25, -0.2) is 0 Å². The Morgan fingerprint density at radius 2 is 0.911 bits per heavy atom. The average Bonchev–Trinajstić information content (AvgIpc) is 2.97. The van der Waals surface area contributed by atoms with Gasteiger partial charge in [-0.1, -0.05) is 24.3 Å². The fourth-order valence-corrected chi connectivity index (χ4v) is 5.69. The van der Waals surface area contributed by atoms with Gasteiger partial charge in [-0.15, -0.1) is 0 Å². The number of rotatable bonds is 8. The lowest BCUT2D eigenvalue weighted by molar-refractivity contribution is -0.288. The van der Waals surface area contributed by atoms with E-state index < -0.39 is 40.7 Å². The summed E-state index contributed by atoms with van der Waals surface area (Å²) in [4.78, 5) is 25.3. The Hall–Kier alpha value is -4.04. The van der Waals surface area contributed by atoms with Crippen LogP contribution in [0.3, 0.4) is 0 Å². The molecule has 45 heavy (non-hydrogen) atoms. The van der Waals surface area contributed by atoms with Gasteiger partial charge in [0.25, 0.3) is 11.8 Å². The number of hydrogen-bond acceptors (Lipinski definition) is 4. The molecule has 4 aromatic rings. The normalized spacial score (nSPS) is 12.0. The first kappa shape index (κ1) is 33.8. The molecule has 0 aliphatic heterocycles. The number of anilines is 2. The zero-order chi connectivity index (χ0) is 33.2. The lowest BCUT2D eigenvalue weighted by Gasteiger charge is -2.38. The number of carbonyl (C=O) groups is 2. The van der Waals surface area contributed by atoms with Gasteiger partial charge >= 0.3 is 12.4 Å². The van der Waals surface area contributed by atoms with E-state index in [1.165, 1.54) is 50.6 Å². The van der Waals surface area contributed by atoms with E-state index in [0.717, 1.165) is 24.3 Å². The summed E-state index contributed by atoms with van der Waals surface area (Å²) in [5.74, 6) is -0.396. The van der Waals surface area contributed by atoms with Crippen LogP contribution in [0.5, 0.6) is 11.5 Å². The van der Waals surface area contributed by atoms with Crippen LogP contribution < -0.4 is 20.1 Å². The minimum absolute atomic E-state index is 0.0304. The zero-order valence-corrected chi connectivity index (χ0v) is 26.4. The van der Waals surface area contributed by atoms with Crippen LogP contribution in [-0.2, 0) is 5.41 Å². The maximum absolute atomic E-state index is 14.6. The molecule has 6 nitrogen and oxygen atoms in total.